The third-order valence-electron chi connectivity index (χ3n) is 3.23. The quantitative estimate of drug-likeness (QED) is 0.267. The van der Waals surface area contributed by atoms with Crippen LogP contribution < -0.4 is 5.19 Å². The predicted octanol–water partition coefficient (Wildman–Crippen LogP) is 4.73. The Morgan fingerprint density at radius 1 is 1.04 bits per heavy atom. The average molecular weight is 494 g/mol. The van der Waals surface area contributed by atoms with E-state index in [2.05, 4.69) is 2.51 Å². The monoisotopic (exact) mass is 494 g/mol. The molecule has 24 heavy (non-hydrogen) atoms. The van der Waals surface area contributed by atoms with Gasteiger partial charge in [-0.25, -0.2) is 0 Å². The van der Waals surface area contributed by atoms with Gasteiger partial charge in [-0.1, -0.05) is 0 Å². The summed E-state index contributed by atoms with van der Waals surface area (Å²) in [5.41, 5.74) is -5.63. The van der Waals surface area contributed by atoms with Crippen molar-refractivity contribution in [1.82, 2.24) is 0 Å². The Balaban J connectivity index is 2.58. The molecule has 2 rings (SSSR count). The minimum atomic E-state index is -5.95. The molecule has 2 aromatic carbocycles. The molecule has 0 unspecified atom stereocenters. The van der Waals surface area contributed by atoms with Gasteiger partial charge < -0.3 is 0 Å². The number of benzene rings is 2. The number of halogens is 5. The molecule has 3 nitrogen and oxygen atoms in total. The molecule has 0 atom stereocenters. The van der Waals surface area contributed by atoms with Gasteiger partial charge in [0, 0.05) is 0 Å². The van der Waals surface area contributed by atoms with Gasteiger partial charge in [0.1, 0.15) is 0 Å². The third-order valence-corrected chi connectivity index (χ3v) is 10.8. The van der Waals surface area contributed by atoms with Crippen LogP contribution in [0.2, 0.25) is 19.6 Å². The molecule has 0 bridgehead atoms. The second-order valence-corrected chi connectivity index (χ2v) is 16.1. The van der Waals surface area contributed by atoms with Gasteiger partial charge in [0.25, 0.3) is 0 Å². The summed E-state index contributed by atoms with van der Waals surface area (Å²) in [6.45, 7) is 5.72. The van der Waals surface area contributed by atoms with E-state index in [1.807, 2.05) is 25.7 Å². The van der Waals surface area contributed by atoms with E-state index in [0.29, 0.717) is 10.6 Å². The Morgan fingerprint density at radius 3 is 2.00 bits per heavy atom. The zero-order chi connectivity index (χ0) is 18.3. The molecule has 0 saturated heterocycles. The molecule has 0 aliphatic heterocycles. The fourth-order valence-corrected chi connectivity index (χ4v) is 10.3. The molecular formula is C14H15F4IO3SSi. The predicted molar refractivity (Wildman–Crippen MR) is 96.8 cm³/mol. The topological polar surface area (TPSA) is 43.4 Å². The average Bonchev–Trinajstić information content (AvgIpc) is 2.43. The van der Waals surface area contributed by atoms with E-state index in [-0.39, 0.29) is 3.57 Å². The molecule has 0 aliphatic carbocycles. The van der Waals surface area contributed by atoms with Crippen molar-refractivity contribution in [3.05, 3.63) is 40.0 Å². The Labute approximate surface area is 146 Å². The molecule has 0 aromatic heterocycles. The number of fused-ring (bicyclic) bond motifs is 1. The van der Waals surface area contributed by atoms with Crippen molar-refractivity contribution in [3.8, 4) is 0 Å². The van der Waals surface area contributed by atoms with Gasteiger partial charge in [-0.2, -0.15) is 0 Å². The van der Waals surface area contributed by atoms with E-state index in [1.165, 1.54) is 6.07 Å². The first-order valence-corrected chi connectivity index (χ1v) is 14.4. The molecule has 134 valence electrons. The summed E-state index contributed by atoms with van der Waals surface area (Å²) in [5.74, 6) is 0. The molecule has 10 heteroatoms. The van der Waals surface area contributed by atoms with Crippen LogP contribution in [0.15, 0.2) is 36.4 Å². The van der Waals surface area contributed by atoms with E-state index >= 15 is 0 Å². The van der Waals surface area contributed by atoms with Gasteiger partial charge in [-0.15, -0.1) is 0 Å². The van der Waals surface area contributed by atoms with Crippen LogP contribution in [0.5, 0.6) is 0 Å². The van der Waals surface area contributed by atoms with Gasteiger partial charge in [0.15, 0.2) is 0 Å². The molecule has 0 fully saturated rings. The van der Waals surface area contributed by atoms with Crippen molar-refractivity contribution in [1.29, 1.82) is 0 Å². The molecule has 0 N–H and O–H groups in total. The Bertz CT molecular complexity index is 862. The first-order chi connectivity index (χ1) is 10.8. The van der Waals surface area contributed by atoms with E-state index in [4.69, 9.17) is 0 Å². The van der Waals surface area contributed by atoms with Crippen LogP contribution in [0.4, 0.5) is 16.0 Å². The first-order valence-electron chi connectivity index (χ1n) is 6.74. The molecular weight excluding hydrogens is 479 g/mol. The van der Waals surface area contributed by atoms with Gasteiger partial charge >= 0.3 is 147 Å². The van der Waals surface area contributed by atoms with Gasteiger partial charge in [-0.3, -0.25) is 0 Å². The third kappa shape index (κ3) is 4.08. The number of hydrogen-bond acceptors (Lipinski definition) is 3. The fraction of sp³-hybridized carbons (Fsp3) is 0.286. The maximum atomic E-state index is 14.6. The first kappa shape index (κ1) is 19.6. The van der Waals surface area contributed by atoms with Crippen molar-refractivity contribution in [2.45, 2.75) is 25.1 Å². The summed E-state index contributed by atoms with van der Waals surface area (Å²) >= 11 is -4.51. The Kier molecular flexibility index (Phi) is 5.34. The van der Waals surface area contributed by atoms with Crippen LogP contribution in [0.3, 0.4) is 0 Å². The summed E-state index contributed by atoms with van der Waals surface area (Å²) in [5, 5.41) is 2.02. The summed E-state index contributed by atoms with van der Waals surface area (Å²) < 4.78 is 78.1. The standard InChI is InChI=1S/C14H15F4IO3SSi/c1-24(2,3)13-9-11-7-5-4-6-10(11)8-12(13)19(18)22-23(20,21)14(15,16)17/h4-9H,1-3H3. The summed E-state index contributed by atoms with van der Waals surface area (Å²) in [6.07, 6.45) is 0. The molecule has 0 heterocycles. The van der Waals surface area contributed by atoms with Crippen LogP contribution in [0, 0.1) is 3.57 Å². The van der Waals surface area contributed by atoms with E-state index in [9.17, 15) is 24.4 Å². The summed E-state index contributed by atoms with van der Waals surface area (Å²) in [6, 6.07) is 10.2. The summed E-state index contributed by atoms with van der Waals surface area (Å²) in [7, 11) is -8.09. The van der Waals surface area contributed by atoms with Crippen LogP contribution in [0.1, 0.15) is 0 Å². The van der Waals surface area contributed by atoms with E-state index in [0.717, 1.165) is 5.39 Å². The van der Waals surface area contributed by atoms with E-state index in [1.54, 1.807) is 24.3 Å². The van der Waals surface area contributed by atoms with Gasteiger partial charge in [0.2, 0.25) is 0 Å². The van der Waals surface area contributed by atoms with Gasteiger partial charge in [-0.05, 0) is 0 Å². The zero-order valence-corrected chi connectivity index (χ0v) is 17.0. The minimum absolute atomic E-state index is 0.0232. The molecule has 0 radical (unpaired) electrons. The molecule has 2 aromatic rings. The van der Waals surface area contributed by atoms with Crippen LogP contribution in [0.25, 0.3) is 10.8 Å². The van der Waals surface area contributed by atoms with Gasteiger partial charge in [0.05, 0.1) is 0 Å². The molecule has 0 amide bonds. The maximum absolute atomic E-state index is 14.6. The number of alkyl halides is 3. The van der Waals surface area contributed by atoms with Crippen molar-refractivity contribution in [2.75, 3.05) is 0 Å². The van der Waals surface area contributed by atoms with Crippen LogP contribution >= 0.6 is 20.8 Å². The van der Waals surface area contributed by atoms with Crippen LogP contribution in [-0.4, -0.2) is 22.0 Å². The van der Waals surface area contributed by atoms with Crippen molar-refractivity contribution < 1.29 is 27.0 Å². The molecule has 0 aliphatic rings. The number of rotatable bonds is 4. The molecule has 0 saturated carbocycles. The SMILES string of the molecule is C[Si](C)(C)c1cc2ccccc2cc1I(F)OS(=O)(=O)C(F)(F)F. The zero-order valence-electron chi connectivity index (χ0n) is 13.0. The van der Waals surface area contributed by atoms with Crippen molar-refractivity contribution >= 4 is 55.0 Å². The molecule has 0 spiro atoms. The van der Waals surface area contributed by atoms with Crippen molar-refractivity contribution in [2.24, 2.45) is 0 Å². The Morgan fingerprint density at radius 2 is 1.54 bits per heavy atom. The van der Waals surface area contributed by atoms with Crippen LogP contribution in [-0.2, 0) is 12.6 Å². The normalized spacial score (nSPS) is 14.0. The number of hydrogen-bond donors (Lipinski definition) is 0. The summed E-state index contributed by atoms with van der Waals surface area (Å²) in [4.78, 5) is 0. The van der Waals surface area contributed by atoms with E-state index < -0.39 is 44.5 Å². The van der Waals surface area contributed by atoms with Crippen molar-refractivity contribution in [3.63, 3.8) is 0 Å². The Hall–Kier alpha value is -0.723. The second kappa shape index (κ2) is 6.54. The second-order valence-electron chi connectivity index (χ2n) is 6.10. The fourth-order valence-electron chi connectivity index (χ4n) is 2.05.